The highest BCUT2D eigenvalue weighted by molar-refractivity contribution is 6.23. The lowest BCUT2D eigenvalue weighted by Crippen LogP contribution is -2.54. The van der Waals surface area contributed by atoms with Crippen molar-refractivity contribution in [3.63, 3.8) is 0 Å². The molecule has 1 aromatic carbocycles. The van der Waals surface area contributed by atoms with Crippen molar-refractivity contribution in [3.8, 4) is 0 Å². The third-order valence-electron chi connectivity index (χ3n) is 5.69. The predicted molar refractivity (Wildman–Crippen MR) is 97.2 cm³/mol. The molecule has 28 heavy (non-hydrogen) atoms. The molecule has 3 heterocycles. The van der Waals surface area contributed by atoms with Gasteiger partial charge in [0.05, 0.1) is 11.1 Å². The number of imide groups is 2. The van der Waals surface area contributed by atoms with E-state index in [9.17, 15) is 24.0 Å². The van der Waals surface area contributed by atoms with Crippen molar-refractivity contribution in [1.82, 2.24) is 10.2 Å². The summed E-state index contributed by atoms with van der Waals surface area (Å²) < 4.78 is 0. The van der Waals surface area contributed by atoms with Crippen molar-refractivity contribution in [2.24, 2.45) is 11.7 Å². The van der Waals surface area contributed by atoms with Gasteiger partial charge in [0.2, 0.25) is 17.7 Å². The minimum atomic E-state index is -0.972. The zero-order valence-corrected chi connectivity index (χ0v) is 15.1. The Hall–Kier alpha value is -3.23. The first-order chi connectivity index (χ1) is 13.4. The van der Waals surface area contributed by atoms with Crippen molar-refractivity contribution in [2.45, 2.75) is 31.7 Å². The molecule has 3 N–H and O–H groups in total. The first kappa shape index (κ1) is 18.1. The Bertz CT molecular complexity index is 904. The van der Waals surface area contributed by atoms with Crippen molar-refractivity contribution in [1.29, 1.82) is 0 Å². The Labute approximate surface area is 160 Å². The Morgan fingerprint density at radius 2 is 1.68 bits per heavy atom. The number of piperidine rings is 2. The zero-order chi connectivity index (χ0) is 20.0. The van der Waals surface area contributed by atoms with Crippen LogP contribution in [0, 0.1) is 5.92 Å². The smallest absolute Gasteiger partial charge is 0.262 e. The predicted octanol–water partition coefficient (Wildman–Crippen LogP) is -0.210. The fourth-order valence-electron chi connectivity index (χ4n) is 4.08. The normalized spacial score (nSPS) is 23.1. The fourth-order valence-corrected chi connectivity index (χ4v) is 4.08. The SMILES string of the molecule is NC(=O)C1CCN(c2ccc3c(c2)C(=O)N(C2CCC(=O)NC2=O)C3=O)CC1. The second-order valence-corrected chi connectivity index (χ2v) is 7.34. The number of nitrogens with one attached hydrogen (secondary N) is 1. The number of rotatable bonds is 3. The molecule has 3 aliphatic rings. The molecule has 0 aromatic heterocycles. The number of benzene rings is 1. The summed E-state index contributed by atoms with van der Waals surface area (Å²) in [7, 11) is 0. The number of carbonyl (C=O) groups is 5. The van der Waals surface area contributed by atoms with Crippen LogP contribution in [0.5, 0.6) is 0 Å². The molecule has 1 aromatic rings. The topological polar surface area (TPSA) is 130 Å². The molecule has 9 nitrogen and oxygen atoms in total. The summed E-state index contributed by atoms with van der Waals surface area (Å²) in [6.07, 6.45) is 1.50. The molecule has 0 saturated carbocycles. The number of carbonyl (C=O) groups excluding carboxylic acids is 5. The number of hydrogen-bond donors (Lipinski definition) is 2. The Morgan fingerprint density at radius 1 is 1.00 bits per heavy atom. The van der Waals surface area contributed by atoms with Gasteiger partial charge in [-0.2, -0.15) is 0 Å². The lowest BCUT2D eigenvalue weighted by atomic mass is 9.95. The van der Waals surface area contributed by atoms with Gasteiger partial charge in [-0.1, -0.05) is 0 Å². The van der Waals surface area contributed by atoms with E-state index in [-0.39, 0.29) is 35.8 Å². The fraction of sp³-hybridized carbons (Fsp3) is 0.421. The largest absolute Gasteiger partial charge is 0.371 e. The number of nitrogens with two attached hydrogens (primary N) is 1. The maximum absolute atomic E-state index is 12.9. The maximum atomic E-state index is 12.9. The van der Waals surface area contributed by atoms with Gasteiger partial charge in [-0.05, 0) is 37.5 Å². The average molecular weight is 384 g/mol. The van der Waals surface area contributed by atoms with Crippen molar-refractivity contribution >= 4 is 35.2 Å². The molecule has 3 aliphatic heterocycles. The Morgan fingerprint density at radius 3 is 2.32 bits per heavy atom. The van der Waals surface area contributed by atoms with Gasteiger partial charge in [0.25, 0.3) is 11.8 Å². The van der Waals surface area contributed by atoms with Crippen LogP contribution < -0.4 is 16.0 Å². The van der Waals surface area contributed by atoms with E-state index in [1.54, 1.807) is 18.2 Å². The highest BCUT2D eigenvalue weighted by Gasteiger charge is 2.44. The summed E-state index contributed by atoms with van der Waals surface area (Å²) in [4.78, 5) is 63.4. The highest BCUT2D eigenvalue weighted by atomic mass is 16.2. The average Bonchev–Trinajstić information content (AvgIpc) is 2.92. The van der Waals surface area contributed by atoms with Crippen molar-refractivity contribution in [3.05, 3.63) is 29.3 Å². The third kappa shape index (κ3) is 2.92. The van der Waals surface area contributed by atoms with Crippen LogP contribution in [0.1, 0.15) is 46.4 Å². The van der Waals surface area contributed by atoms with Gasteiger partial charge < -0.3 is 10.6 Å². The van der Waals surface area contributed by atoms with Gasteiger partial charge >= 0.3 is 0 Å². The highest BCUT2D eigenvalue weighted by Crippen LogP contribution is 2.32. The lowest BCUT2D eigenvalue weighted by Gasteiger charge is -2.32. The molecular formula is C19H20N4O5. The molecule has 1 unspecified atom stereocenters. The minimum Gasteiger partial charge on any atom is -0.371 e. The van der Waals surface area contributed by atoms with Gasteiger partial charge in [-0.3, -0.25) is 34.2 Å². The second kappa shape index (κ2) is 6.74. The summed E-state index contributed by atoms with van der Waals surface area (Å²) in [5, 5.41) is 2.18. The minimum absolute atomic E-state index is 0.0872. The molecule has 0 bridgehead atoms. The van der Waals surface area contributed by atoms with Crippen molar-refractivity contribution < 1.29 is 24.0 Å². The van der Waals surface area contributed by atoms with E-state index in [1.165, 1.54) is 0 Å². The molecule has 5 amide bonds. The molecule has 1 atom stereocenters. The Balaban J connectivity index is 1.55. The van der Waals surface area contributed by atoms with Crippen LogP contribution in [0.15, 0.2) is 18.2 Å². The van der Waals surface area contributed by atoms with Gasteiger partial charge in [0.1, 0.15) is 6.04 Å². The molecular weight excluding hydrogens is 364 g/mol. The monoisotopic (exact) mass is 384 g/mol. The van der Waals surface area contributed by atoms with E-state index in [4.69, 9.17) is 5.73 Å². The van der Waals surface area contributed by atoms with E-state index in [1.807, 2.05) is 4.90 Å². The van der Waals surface area contributed by atoms with Crippen LogP contribution >= 0.6 is 0 Å². The lowest BCUT2D eigenvalue weighted by molar-refractivity contribution is -0.136. The van der Waals surface area contributed by atoms with Gasteiger partial charge in [0, 0.05) is 31.1 Å². The standard InChI is InChI=1S/C19H20N4O5/c20-16(25)10-5-7-22(8-6-10)11-1-2-12-13(9-11)19(28)23(18(12)27)14-3-4-15(24)21-17(14)26/h1-2,9-10,14H,3-8H2,(H2,20,25)(H,21,24,26). The summed E-state index contributed by atoms with van der Waals surface area (Å²) in [5.41, 5.74) is 6.66. The van der Waals surface area contributed by atoms with E-state index in [0.29, 0.717) is 25.9 Å². The number of hydrogen-bond acceptors (Lipinski definition) is 6. The molecule has 0 radical (unpaired) electrons. The van der Waals surface area contributed by atoms with Gasteiger partial charge in [-0.25, -0.2) is 0 Å². The van der Waals surface area contributed by atoms with E-state index >= 15 is 0 Å². The molecule has 0 spiro atoms. The van der Waals surface area contributed by atoms with Crippen LogP contribution in [-0.2, 0) is 14.4 Å². The Kier molecular flexibility index (Phi) is 4.37. The summed E-state index contributed by atoms with van der Waals surface area (Å²) in [6.45, 7) is 1.26. The first-order valence-electron chi connectivity index (χ1n) is 9.26. The summed E-state index contributed by atoms with van der Waals surface area (Å²) in [5.74, 6) is -2.51. The first-order valence-corrected chi connectivity index (χ1v) is 9.26. The van der Waals surface area contributed by atoms with E-state index in [0.717, 1.165) is 10.6 Å². The maximum Gasteiger partial charge on any atom is 0.262 e. The number of primary amides is 1. The van der Waals surface area contributed by atoms with Crippen LogP contribution in [0.25, 0.3) is 0 Å². The number of nitrogens with zero attached hydrogens (tertiary/aromatic N) is 2. The van der Waals surface area contributed by atoms with E-state index < -0.39 is 29.7 Å². The molecule has 2 fully saturated rings. The summed E-state index contributed by atoms with van der Waals surface area (Å²) in [6, 6.07) is 4.05. The zero-order valence-electron chi connectivity index (χ0n) is 15.1. The van der Waals surface area contributed by atoms with E-state index in [2.05, 4.69) is 5.32 Å². The molecule has 9 heteroatoms. The van der Waals surface area contributed by atoms with Crippen LogP contribution in [0.3, 0.4) is 0 Å². The molecule has 2 saturated heterocycles. The molecule has 0 aliphatic carbocycles. The quantitative estimate of drug-likeness (QED) is 0.694. The second-order valence-electron chi connectivity index (χ2n) is 7.34. The van der Waals surface area contributed by atoms with Crippen molar-refractivity contribution in [2.75, 3.05) is 18.0 Å². The third-order valence-corrected chi connectivity index (χ3v) is 5.69. The number of fused-ring (bicyclic) bond motifs is 1. The van der Waals surface area contributed by atoms with Gasteiger partial charge in [-0.15, -0.1) is 0 Å². The van der Waals surface area contributed by atoms with Crippen LogP contribution in [0.2, 0.25) is 0 Å². The van der Waals surface area contributed by atoms with Crippen LogP contribution in [-0.4, -0.2) is 53.6 Å². The van der Waals surface area contributed by atoms with Gasteiger partial charge in [0.15, 0.2) is 0 Å². The van der Waals surface area contributed by atoms with Crippen LogP contribution in [0.4, 0.5) is 5.69 Å². The molecule has 4 rings (SSSR count). The number of amides is 5. The summed E-state index contributed by atoms with van der Waals surface area (Å²) >= 11 is 0. The number of anilines is 1. The molecule has 146 valence electrons.